The van der Waals surface area contributed by atoms with Gasteiger partial charge in [-0.05, 0) is 100 Å². The molecule has 9 aromatic carbocycles. The van der Waals surface area contributed by atoms with Gasteiger partial charge in [0.1, 0.15) is 0 Å². The van der Waals surface area contributed by atoms with Crippen molar-refractivity contribution in [2.75, 3.05) is 9.80 Å². The topological polar surface area (TPSA) is 11.4 Å². The third-order valence-electron chi connectivity index (χ3n) is 10.3. The van der Waals surface area contributed by atoms with Gasteiger partial charge in [-0.1, -0.05) is 133 Å². The molecule has 10 rings (SSSR count). The second kappa shape index (κ2) is 12.9. The number of hydrogen-bond donors (Lipinski definition) is 0. The Morgan fingerprint density at radius 1 is 0.302 bits per heavy atom. The Morgan fingerprint density at radius 2 is 0.811 bits per heavy atom. The first-order valence-electron chi connectivity index (χ1n) is 18.1. The van der Waals surface area contributed by atoms with Crippen molar-refractivity contribution in [2.24, 2.45) is 0 Å². The number of anilines is 6. The van der Waals surface area contributed by atoms with Crippen LogP contribution in [-0.2, 0) is 0 Å². The summed E-state index contributed by atoms with van der Waals surface area (Å²) in [7, 11) is 0. The molecule has 0 saturated heterocycles. The van der Waals surface area contributed by atoms with Crippen molar-refractivity contribution in [3.05, 3.63) is 212 Å². The Labute approximate surface area is 308 Å². The summed E-state index contributed by atoms with van der Waals surface area (Å²) in [5.41, 5.74) is 9.96. The molecule has 53 heavy (non-hydrogen) atoms. The lowest BCUT2D eigenvalue weighted by atomic mass is 10.0. The molecule has 0 radical (unpaired) electrons. The van der Waals surface area contributed by atoms with E-state index in [2.05, 4.69) is 227 Å². The van der Waals surface area contributed by atoms with Gasteiger partial charge in [-0.2, -0.15) is 0 Å². The largest absolute Gasteiger partial charge is 0.310 e. The van der Waals surface area contributed by atoms with Crippen molar-refractivity contribution in [3.8, 4) is 5.69 Å². The number of para-hydroxylation sites is 4. The maximum atomic E-state index is 2.45. The van der Waals surface area contributed by atoms with Crippen molar-refractivity contribution in [1.29, 1.82) is 0 Å². The predicted molar refractivity (Wildman–Crippen MR) is 225 cm³/mol. The molecule has 1 heterocycles. The lowest BCUT2D eigenvalue weighted by Crippen LogP contribution is -2.14. The van der Waals surface area contributed by atoms with E-state index in [0.29, 0.717) is 0 Å². The number of rotatable bonds is 7. The Balaban J connectivity index is 1.35. The first kappa shape index (κ1) is 30.7. The Kier molecular flexibility index (Phi) is 7.47. The first-order valence-corrected chi connectivity index (χ1v) is 18.1. The summed E-state index contributed by atoms with van der Waals surface area (Å²) < 4.78 is 2.45. The van der Waals surface area contributed by atoms with E-state index in [4.69, 9.17) is 0 Å². The van der Waals surface area contributed by atoms with Crippen LogP contribution in [0.25, 0.3) is 49.0 Å². The summed E-state index contributed by atoms with van der Waals surface area (Å²) >= 11 is 0. The highest BCUT2D eigenvalue weighted by Crippen LogP contribution is 2.48. The summed E-state index contributed by atoms with van der Waals surface area (Å²) in [6, 6.07) is 76.5. The van der Waals surface area contributed by atoms with Crippen molar-refractivity contribution >= 4 is 77.5 Å². The molecule has 1 aromatic heterocycles. The van der Waals surface area contributed by atoms with Crippen LogP contribution in [0.5, 0.6) is 0 Å². The van der Waals surface area contributed by atoms with Crippen LogP contribution in [0, 0.1) is 0 Å². The van der Waals surface area contributed by atoms with Gasteiger partial charge in [0, 0.05) is 39.2 Å². The van der Waals surface area contributed by atoms with Crippen LogP contribution in [0.15, 0.2) is 212 Å². The monoisotopic (exact) mass is 677 g/mol. The Morgan fingerprint density at radius 3 is 1.45 bits per heavy atom. The van der Waals surface area contributed by atoms with Gasteiger partial charge >= 0.3 is 0 Å². The summed E-state index contributed by atoms with van der Waals surface area (Å²) in [6.45, 7) is 0. The zero-order chi connectivity index (χ0) is 35.1. The van der Waals surface area contributed by atoms with E-state index >= 15 is 0 Å². The number of nitrogens with zero attached hydrogens (tertiary/aromatic N) is 3. The molecule has 0 atom stereocenters. The van der Waals surface area contributed by atoms with Crippen LogP contribution < -0.4 is 9.80 Å². The summed E-state index contributed by atoms with van der Waals surface area (Å²) in [5, 5.41) is 7.25. The minimum absolute atomic E-state index is 1.07. The van der Waals surface area contributed by atoms with Crippen molar-refractivity contribution in [3.63, 3.8) is 0 Å². The third kappa shape index (κ3) is 5.38. The van der Waals surface area contributed by atoms with Crippen LogP contribution in [0.4, 0.5) is 34.1 Å². The highest BCUT2D eigenvalue weighted by molar-refractivity contribution is 6.18. The molecule has 10 aromatic rings. The highest BCUT2D eigenvalue weighted by atomic mass is 15.2. The summed E-state index contributed by atoms with van der Waals surface area (Å²) in [5.74, 6) is 0. The number of benzene rings is 9. The second-order valence-electron chi connectivity index (χ2n) is 13.5. The van der Waals surface area contributed by atoms with Gasteiger partial charge < -0.3 is 14.4 Å². The molecule has 3 heteroatoms. The van der Waals surface area contributed by atoms with Gasteiger partial charge in [0.25, 0.3) is 0 Å². The molecule has 0 aliphatic heterocycles. The van der Waals surface area contributed by atoms with Crippen LogP contribution >= 0.6 is 0 Å². The van der Waals surface area contributed by atoms with Crippen molar-refractivity contribution in [2.45, 2.75) is 0 Å². The molecule has 0 unspecified atom stereocenters. The van der Waals surface area contributed by atoms with E-state index in [0.717, 1.165) is 50.8 Å². The maximum Gasteiger partial charge on any atom is 0.0583 e. The zero-order valence-corrected chi connectivity index (χ0v) is 29.0. The lowest BCUT2D eigenvalue weighted by Gasteiger charge is -2.30. The molecular formula is C50H35N3. The molecule has 3 nitrogen and oxygen atoms in total. The molecule has 0 amide bonds. The quantitative estimate of drug-likeness (QED) is 0.166. The average molecular weight is 678 g/mol. The van der Waals surface area contributed by atoms with Gasteiger partial charge in [-0.3, -0.25) is 0 Å². The van der Waals surface area contributed by atoms with Crippen LogP contribution in [0.3, 0.4) is 0 Å². The van der Waals surface area contributed by atoms with E-state index in [9.17, 15) is 0 Å². The van der Waals surface area contributed by atoms with Crippen molar-refractivity contribution < 1.29 is 0 Å². The molecule has 0 aliphatic rings. The fourth-order valence-electron chi connectivity index (χ4n) is 7.88. The van der Waals surface area contributed by atoms with Gasteiger partial charge in [-0.25, -0.2) is 0 Å². The number of hydrogen-bond acceptors (Lipinski definition) is 2. The van der Waals surface area contributed by atoms with Gasteiger partial charge in [0.2, 0.25) is 0 Å². The molecule has 0 spiro atoms. The number of fused-ring (bicyclic) bond motifs is 5. The standard InChI is InChI=1S/C50H35N3/c1-4-20-40(21-5-1)51(43-30-28-36-16-10-12-18-38(36)32-43)45-34-48(52(41-22-6-2-7-23-41)42-24-8-3-9-25-42)50-46-26-14-15-27-47(46)53(49(50)35-45)44-31-29-37-17-11-13-19-39(37)33-44/h1-35H. The minimum atomic E-state index is 1.07. The van der Waals surface area contributed by atoms with Crippen molar-refractivity contribution in [1.82, 2.24) is 4.57 Å². The smallest absolute Gasteiger partial charge is 0.0583 e. The van der Waals surface area contributed by atoms with E-state index in [-0.39, 0.29) is 0 Å². The molecule has 0 bridgehead atoms. The van der Waals surface area contributed by atoms with E-state index < -0.39 is 0 Å². The van der Waals surface area contributed by atoms with E-state index in [1.165, 1.54) is 32.3 Å². The molecular weight excluding hydrogens is 643 g/mol. The first-order chi connectivity index (χ1) is 26.3. The molecule has 250 valence electrons. The van der Waals surface area contributed by atoms with E-state index in [1.807, 2.05) is 0 Å². The number of aromatic nitrogens is 1. The van der Waals surface area contributed by atoms with Crippen LogP contribution in [0.1, 0.15) is 0 Å². The second-order valence-corrected chi connectivity index (χ2v) is 13.5. The van der Waals surface area contributed by atoms with Crippen LogP contribution in [-0.4, -0.2) is 4.57 Å². The van der Waals surface area contributed by atoms with Crippen LogP contribution in [0.2, 0.25) is 0 Å². The highest BCUT2D eigenvalue weighted by Gasteiger charge is 2.25. The molecule has 0 aliphatic carbocycles. The normalized spacial score (nSPS) is 11.4. The van der Waals surface area contributed by atoms with Gasteiger partial charge in [0.15, 0.2) is 0 Å². The minimum Gasteiger partial charge on any atom is -0.310 e. The summed E-state index contributed by atoms with van der Waals surface area (Å²) in [6.07, 6.45) is 0. The maximum absolute atomic E-state index is 2.45. The zero-order valence-electron chi connectivity index (χ0n) is 29.0. The van der Waals surface area contributed by atoms with Gasteiger partial charge in [-0.15, -0.1) is 0 Å². The molecule has 0 fully saturated rings. The predicted octanol–water partition coefficient (Wildman–Crippen LogP) is 14.0. The average Bonchev–Trinajstić information content (AvgIpc) is 3.56. The SMILES string of the molecule is c1ccc(N(c2ccc3ccccc3c2)c2cc(N(c3ccccc3)c3ccccc3)c3c4ccccc4n(-c4ccc5ccccc5c4)c3c2)cc1. The Bertz CT molecular complexity index is 2860. The lowest BCUT2D eigenvalue weighted by molar-refractivity contribution is 1.18. The van der Waals surface area contributed by atoms with E-state index in [1.54, 1.807) is 0 Å². The van der Waals surface area contributed by atoms with Gasteiger partial charge in [0.05, 0.1) is 22.4 Å². The third-order valence-corrected chi connectivity index (χ3v) is 10.3. The fraction of sp³-hybridized carbons (Fsp3) is 0. The molecule has 0 saturated carbocycles. The Hall–Kier alpha value is -7.10. The fourth-order valence-corrected chi connectivity index (χ4v) is 7.88. The molecule has 0 N–H and O–H groups in total. The summed E-state index contributed by atoms with van der Waals surface area (Å²) in [4.78, 5) is 4.80.